The van der Waals surface area contributed by atoms with Gasteiger partial charge in [0.15, 0.2) is 0 Å². The van der Waals surface area contributed by atoms with Gasteiger partial charge in [-0.2, -0.15) is 4.98 Å². The van der Waals surface area contributed by atoms with Crippen LogP contribution >= 0.6 is 0 Å². The Balaban J connectivity index is 1.94. The second-order valence-corrected chi connectivity index (χ2v) is 5.41. The van der Waals surface area contributed by atoms with Crippen LogP contribution < -0.4 is 9.64 Å². The van der Waals surface area contributed by atoms with E-state index in [-0.39, 0.29) is 6.42 Å². The molecule has 0 amide bonds. The van der Waals surface area contributed by atoms with Gasteiger partial charge < -0.3 is 14.7 Å². The van der Waals surface area contributed by atoms with Gasteiger partial charge in [0.2, 0.25) is 5.88 Å². The molecule has 6 heteroatoms. The number of aryl methyl sites for hydroxylation is 1. The molecule has 1 aromatic heterocycles. The number of hydrogen-bond acceptors (Lipinski definition) is 5. The van der Waals surface area contributed by atoms with E-state index in [2.05, 4.69) is 14.9 Å². The molecule has 0 atom stereocenters. The number of carboxylic acid groups (broad SMARTS) is 1. The van der Waals surface area contributed by atoms with Crippen molar-refractivity contribution < 1.29 is 14.6 Å². The first-order chi connectivity index (χ1) is 10.1. The van der Waals surface area contributed by atoms with Crippen LogP contribution in [0.4, 0.5) is 5.82 Å². The Bertz CT molecular complexity index is 485. The third-order valence-electron chi connectivity index (χ3n) is 3.80. The molecule has 0 aliphatic carbocycles. The lowest BCUT2D eigenvalue weighted by molar-refractivity contribution is -0.137. The van der Waals surface area contributed by atoms with Crippen molar-refractivity contribution in [2.24, 2.45) is 5.92 Å². The van der Waals surface area contributed by atoms with Gasteiger partial charge in [-0.25, -0.2) is 4.98 Å². The molecule has 1 aliphatic rings. The molecule has 1 N–H and O–H groups in total. The number of ether oxygens (including phenoxy) is 1. The quantitative estimate of drug-likeness (QED) is 0.867. The number of rotatable bonds is 6. The maximum Gasteiger partial charge on any atom is 0.303 e. The highest BCUT2D eigenvalue weighted by atomic mass is 16.5. The first-order valence-corrected chi connectivity index (χ1v) is 7.53. The Labute approximate surface area is 125 Å². The predicted octanol–water partition coefficient (Wildman–Crippen LogP) is 2.26. The van der Waals surface area contributed by atoms with E-state index >= 15 is 0 Å². The topological polar surface area (TPSA) is 75.5 Å². The molecule has 0 unspecified atom stereocenters. The molecule has 2 heterocycles. The zero-order valence-corrected chi connectivity index (χ0v) is 12.7. The highest BCUT2D eigenvalue weighted by Gasteiger charge is 2.21. The van der Waals surface area contributed by atoms with Crippen LogP contribution in [0, 0.1) is 12.8 Å². The third kappa shape index (κ3) is 4.58. The van der Waals surface area contributed by atoms with E-state index in [1.807, 2.05) is 19.9 Å². The van der Waals surface area contributed by atoms with E-state index in [9.17, 15) is 4.79 Å². The van der Waals surface area contributed by atoms with Gasteiger partial charge in [0.05, 0.1) is 6.61 Å². The van der Waals surface area contributed by atoms with Crippen LogP contribution in [0.5, 0.6) is 5.88 Å². The highest BCUT2D eigenvalue weighted by molar-refractivity contribution is 5.66. The molecule has 116 valence electrons. The van der Waals surface area contributed by atoms with Gasteiger partial charge in [0, 0.05) is 25.6 Å². The van der Waals surface area contributed by atoms with Crippen LogP contribution in [0.25, 0.3) is 0 Å². The van der Waals surface area contributed by atoms with Crippen LogP contribution in [-0.4, -0.2) is 40.7 Å². The fourth-order valence-corrected chi connectivity index (χ4v) is 2.69. The largest absolute Gasteiger partial charge is 0.481 e. The molecule has 6 nitrogen and oxygen atoms in total. The summed E-state index contributed by atoms with van der Waals surface area (Å²) in [6.45, 7) is 6.21. The molecular formula is C15H23N3O3. The molecule has 0 aromatic carbocycles. The van der Waals surface area contributed by atoms with Crippen LogP contribution in [0.15, 0.2) is 6.07 Å². The molecule has 1 aromatic rings. The summed E-state index contributed by atoms with van der Waals surface area (Å²) in [5.41, 5.74) is 0. The van der Waals surface area contributed by atoms with E-state index in [0.717, 1.165) is 38.2 Å². The molecular weight excluding hydrogens is 270 g/mol. The van der Waals surface area contributed by atoms with Crippen molar-refractivity contribution >= 4 is 11.8 Å². The second kappa shape index (κ2) is 7.24. The Morgan fingerprint density at radius 3 is 2.76 bits per heavy atom. The van der Waals surface area contributed by atoms with Gasteiger partial charge in [0.1, 0.15) is 11.6 Å². The van der Waals surface area contributed by atoms with E-state index < -0.39 is 5.97 Å². The maximum absolute atomic E-state index is 10.6. The first-order valence-electron chi connectivity index (χ1n) is 7.53. The molecule has 0 radical (unpaired) electrons. The number of aliphatic carboxylic acids is 1. The van der Waals surface area contributed by atoms with E-state index in [1.54, 1.807) is 0 Å². The number of nitrogens with zero attached hydrogens (tertiary/aromatic N) is 3. The summed E-state index contributed by atoms with van der Waals surface area (Å²) in [5, 5.41) is 8.74. The highest BCUT2D eigenvalue weighted by Crippen LogP contribution is 2.26. The smallest absolute Gasteiger partial charge is 0.303 e. The SMILES string of the molecule is CCOc1cc(N2CCC(CCC(=O)O)CC2)nc(C)n1. The van der Waals surface area contributed by atoms with Gasteiger partial charge in [-0.05, 0) is 39.0 Å². The summed E-state index contributed by atoms with van der Waals surface area (Å²) in [7, 11) is 0. The van der Waals surface area contributed by atoms with Crippen molar-refractivity contribution in [2.45, 2.75) is 39.5 Å². The van der Waals surface area contributed by atoms with Crippen molar-refractivity contribution in [2.75, 3.05) is 24.6 Å². The zero-order chi connectivity index (χ0) is 15.2. The summed E-state index contributed by atoms with van der Waals surface area (Å²) in [6.07, 6.45) is 3.07. The van der Waals surface area contributed by atoms with Gasteiger partial charge >= 0.3 is 5.97 Å². The van der Waals surface area contributed by atoms with Crippen molar-refractivity contribution in [1.82, 2.24) is 9.97 Å². The number of hydrogen-bond donors (Lipinski definition) is 1. The normalized spacial score (nSPS) is 16.0. The second-order valence-electron chi connectivity index (χ2n) is 5.41. The molecule has 0 bridgehead atoms. The molecule has 21 heavy (non-hydrogen) atoms. The summed E-state index contributed by atoms with van der Waals surface area (Å²) >= 11 is 0. The third-order valence-corrected chi connectivity index (χ3v) is 3.80. The average Bonchev–Trinajstić information content (AvgIpc) is 2.45. The van der Waals surface area contributed by atoms with E-state index in [4.69, 9.17) is 9.84 Å². The van der Waals surface area contributed by atoms with Crippen LogP contribution in [0.1, 0.15) is 38.4 Å². The zero-order valence-electron chi connectivity index (χ0n) is 12.7. The van der Waals surface area contributed by atoms with E-state index in [0.29, 0.717) is 24.2 Å². The fourth-order valence-electron chi connectivity index (χ4n) is 2.69. The molecule has 0 saturated carbocycles. The van der Waals surface area contributed by atoms with Crippen molar-refractivity contribution in [3.63, 3.8) is 0 Å². The van der Waals surface area contributed by atoms with Crippen molar-refractivity contribution in [3.8, 4) is 5.88 Å². The first kappa shape index (κ1) is 15.5. The minimum absolute atomic E-state index is 0.270. The minimum atomic E-state index is -0.704. The Morgan fingerprint density at radius 2 is 2.14 bits per heavy atom. The van der Waals surface area contributed by atoms with Crippen molar-refractivity contribution in [3.05, 3.63) is 11.9 Å². The lowest BCUT2D eigenvalue weighted by Gasteiger charge is -2.32. The summed E-state index contributed by atoms with van der Waals surface area (Å²) in [5.74, 6) is 2.04. The minimum Gasteiger partial charge on any atom is -0.481 e. The van der Waals surface area contributed by atoms with Crippen LogP contribution in [-0.2, 0) is 4.79 Å². The van der Waals surface area contributed by atoms with Crippen molar-refractivity contribution in [1.29, 1.82) is 0 Å². The summed E-state index contributed by atoms with van der Waals surface area (Å²) in [6, 6.07) is 1.88. The number of anilines is 1. The number of carbonyl (C=O) groups is 1. The van der Waals surface area contributed by atoms with Gasteiger partial charge in [-0.1, -0.05) is 0 Å². The molecule has 1 fully saturated rings. The Hall–Kier alpha value is -1.85. The standard InChI is InChI=1S/C15H23N3O3/c1-3-21-14-10-13(16-11(2)17-14)18-8-6-12(7-9-18)4-5-15(19)20/h10,12H,3-9H2,1-2H3,(H,19,20). The van der Waals surface area contributed by atoms with Crippen LogP contribution in [0.3, 0.4) is 0 Å². The molecule has 1 aliphatic heterocycles. The molecule has 2 rings (SSSR count). The monoisotopic (exact) mass is 293 g/mol. The summed E-state index contributed by atoms with van der Waals surface area (Å²) < 4.78 is 5.46. The van der Waals surface area contributed by atoms with Gasteiger partial charge in [-0.15, -0.1) is 0 Å². The predicted molar refractivity (Wildman–Crippen MR) is 79.7 cm³/mol. The lowest BCUT2D eigenvalue weighted by Crippen LogP contribution is -2.34. The number of aromatic nitrogens is 2. The summed E-state index contributed by atoms with van der Waals surface area (Å²) in [4.78, 5) is 21.6. The van der Waals surface area contributed by atoms with E-state index in [1.165, 1.54) is 0 Å². The molecule has 1 saturated heterocycles. The fraction of sp³-hybridized carbons (Fsp3) is 0.667. The molecule has 0 spiro atoms. The Kier molecular flexibility index (Phi) is 5.36. The van der Waals surface area contributed by atoms with Gasteiger partial charge in [0.25, 0.3) is 0 Å². The van der Waals surface area contributed by atoms with Gasteiger partial charge in [-0.3, -0.25) is 4.79 Å². The number of piperidine rings is 1. The lowest BCUT2D eigenvalue weighted by atomic mass is 9.92. The van der Waals surface area contributed by atoms with Crippen LogP contribution in [0.2, 0.25) is 0 Å². The number of carboxylic acids is 1. The maximum atomic E-state index is 10.6. The Morgan fingerprint density at radius 1 is 1.43 bits per heavy atom. The average molecular weight is 293 g/mol.